The van der Waals surface area contributed by atoms with Crippen molar-refractivity contribution in [2.45, 2.75) is 26.1 Å². The number of aromatic nitrogens is 2. The van der Waals surface area contributed by atoms with Crippen LogP contribution in [0.15, 0.2) is 22.6 Å². The van der Waals surface area contributed by atoms with Gasteiger partial charge in [-0.25, -0.2) is 9.18 Å². The number of carbonyl (C=O) groups is 1. The molecule has 0 radical (unpaired) electrons. The Kier molecular flexibility index (Phi) is 4.16. The first kappa shape index (κ1) is 15.9. The molecule has 0 bridgehead atoms. The first-order valence-electron chi connectivity index (χ1n) is 6.06. The van der Waals surface area contributed by atoms with Gasteiger partial charge < -0.3 is 9.15 Å². The van der Waals surface area contributed by atoms with E-state index in [4.69, 9.17) is 9.15 Å². The number of benzene rings is 1. The number of esters is 1. The second-order valence-corrected chi connectivity index (χ2v) is 4.40. The highest BCUT2D eigenvalue weighted by atomic mass is 19.4. The number of ether oxygens (including phenoxy) is 1. The first-order chi connectivity index (χ1) is 10.2. The predicted molar refractivity (Wildman–Crippen MR) is 64.3 cm³/mol. The highest BCUT2D eigenvalue weighted by Crippen LogP contribution is 2.31. The molecule has 2 aromatic rings. The zero-order valence-corrected chi connectivity index (χ0v) is 11.4. The van der Waals surface area contributed by atoms with Gasteiger partial charge in [-0.2, -0.15) is 13.2 Å². The molecule has 0 spiro atoms. The quantitative estimate of drug-likeness (QED) is 0.640. The van der Waals surface area contributed by atoms with E-state index in [0.717, 1.165) is 0 Å². The van der Waals surface area contributed by atoms with Crippen LogP contribution in [0, 0.1) is 12.7 Å². The van der Waals surface area contributed by atoms with Crippen LogP contribution in [0.25, 0.3) is 0 Å². The lowest BCUT2D eigenvalue weighted by molar-refractivity contribution is -0.137. The summed E-state index contributed by atoms with van der Waals surface area (Å²) in [6, 6.07) is 1.49. The highest BCUT2D eigenvalue weighted by Gasteiger charge is 2.32. The van der Waals surface area contributed by atoms with Crippen molar-refractivity contribution in [3.63, 3.8) is 0 Å². The Labute approximate surface area is 121 Å². The lowest BCUT2D eigenvalue weighted by Crippen LogP contribution is -2.13. The smallest absolute Gasteiger partial charge is 0.416 e. The third kappa shape index (κ3) is 3.41. The van der Waals surface area contributed by atoms with Gasteiger partial charge in [-0.05, 0) is 25.1 Å². The van der Waals surface area contributed by atoms with Crippen LogP contribution in [0.3, 0.4) is 0 Å². The molecule has 1 heterocycles. The van der Waals surface area contributed by atoms with Crippen LogP contribution in [0.2, 0.25) is 0 Å². The van der Waals surface area contributed by atoms with E-state index in [9.17, 15) is 22.4 Å². The maximum absolute atomic E-state index is 13.5. The van der Waals surface area contributed by atoms with E-state index in [-0.39, 0.29) is 11.8 Å². The summed E-state index contributed by atoms with van der Waals surface area (Å²) >= 11 is 0. The Morgan fingerprint density at radius 3 is 2.55 bits per heavy atom. The summed E-state index contributed by atoms with van der Waals surface area (Å²) in [4.78, 5) is 11.8. The second-order valence-electron chi connectivity index (χ2n) is 4.40. The molecule has 0 aliphatic rings. The van der Waals surface area contributed by atoms with Gasteiger partial charge in [0.2, 0.25) is 5.89 Å². The summed E-state index contributed by atoms with van der Waals surface area (Å²) in [5.41, 5.74) is -1.97. The molecule has 1 aromatic carbocycles. The van der Waals surface area contributed by atoms with Gasteiger partial charge >= 0.3 is 12.1 Å². The number of nitrogens with zero attached hydrogens (tertiary/aromatic N) is 2. The standard InChI is InChI=1S/C13H10F4N2O3/c1-6(11-19-18-7(2)22-11)21-12(20)9-5-8(13(15,16)17)3-4-10(9)14/h3-6H,1-2H3/t6-/m1/s1. The molecule has 1 atom stereocenters. The topological polar surface area (TPSA) is 65.2 Å². The molecule has 0 saturated carbocycles. The summed E-state index contributed by atoms with van der Waals surface area (Å²) in [7, 11) is 0. The van der Waals surface area contributed by atoms with Gasteiger partial charge in [-0.15, -0.1) is 10.2 Å². The molecule has 118 valence electrons. The fraction of sp³-hybridized carbons (Fsp3) is 0.308. The van der Waals surface area contributed by atoms with E-state index >= 15 is 0 Å². The molecule has 0 unspecified atom stereocenters. The summed E-state index contributed by atoms with van der Waals surface area (Å²) in [5.74, 6) is -2.19. The summed E-state index contributed by atoms with van der Waals surface area (Å²) in [6.45, 7) is 2.88. The third-order valence-electron chi connectivity index (χ3n) is 2.69. The van der Waals surface area contributed by atoms with E-state index in [1.807, 2.05) is 0 Å². The lowest BCUT2D eigenvalue weighted by atomic mass is 10.1. The fourth-order valence-corrected chi connectivity index (χ4v) is 1.61. The average Bonchev–Trinajstić information content (AvgIpc) is 2.84. The van der Waals surface area contributed by atoms with Crippen LogP contribution in [0.5, 0.6) is 0 Å². The molecule has 0 saturated heterocycles. The summed E-state index contributed by atoms with van der Waals surface area (Å²) < 4.78 is 61.2. The van der Waals surface area contributed by atoms with Crippen molar-refractivity contribution in [3.8, 4) is 0 Å². The number of rotatable bonds is 3. The minimum atomic E-state index is -4.70. The Balaban J connectivity index is 2.22. The Morgan fingerprint density at radius 1 is 1.32 bits per heavy atom. The van der Waals surface area contributed by atoms with Gasteiger partial charge in [-0.1, -0.05) is 0 Å². The van der Waals surface area contributed by atoms with Crippen molar-refractivity contribution in [1.82, 2.24) is 10.2 Å². The number of hydrogen-bond donors (Lipinski definition) is 0. The molecule has 0 N–H and O–H groups in total. The van der Waals surface area contributed by atoms with Crippen LogP contribution in [0.4, 0.5) is 17.6 Å². The van der Waals surface area contributed by atoms with Crippen molar-refractivity contribution in [1.29, 1.82) is 0 Å². The highest BCUT2D eigenvalue weighted by molar-refractivity contribution is 5.90. The monoisotopic (exact) mass is 318 g/mol. The SMILES string of the molecule is Cc1nnc([C@@H](C)OC(=O)c2cc(C(F)(F)F)ccc2F)o1. The average molecular weight is 318 g/mol. The van der Waals surface area contributed by atoms with E-state index in [1.54, 1.807) is 0 Å². The zero-order valence-electron chi connectivity index (χ0n) is 11.4. The largest absolute Gasteiger partial charge is 0.449 e. The van der Waals surface area contributed by atoms with Gasteiger partial charge in [0.1, 0.15) is 5.82 Å². The van der Waals surface area contributed by atoms with Crippen molar-refractivity contribution >= 4 is 5.97 Å². The van der Waals surface area contributed by atoms with E-state index in [2.05, 4.69) is 10.2 Å². The van der Waals surface area contributed by atoms with Crippen LogP contribution < -0.4 is 0 Å². The molecular formula is C13H10F4N2O3. The molecule has 0 fully saturated rings. The van der Waals surface area contributed by atoms with Gasteiger partial charge in [0, 0.05) is 6.92 Å². The van der Waals surface area contributed by atoms with Gasteiger partial charge in [0.15, 0.2) is 6.10 Å². The molecule has 0 aliphatic heterocycles. The fourth-order valence-electron chi connectivity index (χ4n) is 1.61. The predicted octanol–water partition coefficient (Wildman–Crippen LogP) is 3.45. The van der Waals surface area contributed by atoms with Crippen molar-refractivity contribution in [2.24, 2.45) is 0 Å². The molecule has 5 nitrogen and oxygen atoms in total. The van der Waals surface area contributed by atoms with Crippen molar-refractivity contribution in [3.05, 3.63) is 46.9 Å². The third-order valence-corrected chi connectivity index (χ3v) is 2.69. The van der Waals surface area contributed by atoms with Crippen LogP contribution in [-0.2, 0) is 10.9 Å². The lowest BCUT2D eigenvalue weighted by Gasteiger charge is -2.12. The molecule has 1 aromatic heterocycles. The molecule has 2 rings (SSSR count). The van der Waals surface area contributed by atoms with Crippen molar-refractivity contribution in [2.75, 3.05) is 0 Å². The molecular weight excluding hydrogens is 308 g/mol. The molecule has 0 aliphatic carbocycles. The molecule has 22 heavy (non-hydrogen) atoms. The summed E-state index contributed by atoms with van der Waals surface area (Å²) in [5, 5.41) is 7.12. The maximum Gasteiger partial charge on any atom is 0.416 e. The Bertz CT molecular complexity index is 697. The van der Waals surface area contributed by atoms with E-state index in [1.165, 1.54) is 13.8 Å². The van der Waals surface area contributed by atoms with Crippen LogP contribution >= 0.6 is 0 Å². The van der Waals surface area contributed by atoms with Crippen molar-refractivity contribution < 1.29 is 31.5 Å². The maximum atomic E-state index is 13.5. The normalized spacial score (nSPS) is 13.0. The Morgan fingerprint density at radius 2 is 2.00 bits per heavy atom. The summed E-state index contributed by atoms with van der Waals surface area (Å²) in [6.07, 6.45) is -5.72. The minimum Gasteiger partial charge on any atom is -0.449 e. The number of hydrogen-bond acceptors (Lipinski definition) is 5. The van der Waals surface area contributed by atoms with Gasteiger partial charge in [-0.3, -0.25) is 0 Å². The number of halogens is 4. The molecule has 9 heteroatoms. The van der Waals surface area contributed by atoms with Crippen LogP contribution in [0.1, 0.15) is 40.7 Å². The van der Waals surface area contributed by atoms with Gasteiger partial charge in [0.25, 0.3) is 5.89 Å². The van der Waals surface area contributed by atoms with Crippen LogP contribution in [-0.4, -0.2) is 16.2 Å². The Hall–Kier alpha value is -2.45. The zero-order chi connectivity index (χ0) is 16.5. The van der Waals surface area contributed by atoms with E-state index < -0.39 is 35.2 Å². The van der Waals surface area contributed by atoms with Gasteiger partial charge in [0.05, 0.1) is 11.1 Å². The minimum absolute atomic E-state index is 0.0433. The first-order valence-corrected chi connectivity index (χ1v) is 6.06. The number of carbonyl (C=O) groups excluding carboxylic acids is 1. The number of aryl methyl sites for hydroxylation is 1. The van der Waals surface area contributed by atoms with E-state index in [0.29, 0.717) is 18.2 Å². The number of alkyl halides is 3. The second kappa shape index (κ2) is 5.74. The molecule has 0 amide bonds.